The van der Waals surface area contributed by atoms with E-state index in [0.29, 0.717) is 31.1 Å². The van der Waals surface area contributed by atoms with Crippen LogP contribution in [0.4, 0.5) is 0 Å². The highest BCUT2D eigenvalue weighted by Crippen LogP contribution is 2.25. The fourth-order valence-corrected chi connectivity index (χ4v) is 1.76. The molecule has 0 aliphatic carbocycles. The molecule has 5 heteroatoms. The number of amides is 1. The van der Waals surface area contributed by atoms with Crippen LogP contribution in [0.15, 0.2) is 24.3 Å². The summed E-state index contributed by atoms with van der Waals surface area (Å²) in [5.74, 6) is 1.55. The molecule has 0 heterocycles. The van der Waals surface area contributed by atoms with Gasteiger partial charge in [0, 0.05) is 13.5 Å². The Morgan fingerprint density at radius 1 is 1.30 bits per heavy atom. The number of carbonyl (C=O) groups is 1. The standard InChI is InChI=1S/C15H24N2O3/c1-16-10-6-9-15(18)17(2)11-12-20-14-8-5-4-7-13(14)19-3/h4-5,7-8,16H,6,9-12H2,1-3H3. The first kappa shape index (κ1) is 16.3. The van der Waals surface area contributed by atoms with Crippen molar-refractivity contribution in [2.45, 2.75) is 12.8 Å². The predicted octanol–water partition coefficient (Wildman–Crippen LogP) is 1.53. The minimum absolute atomic E-state index is 0.142. The molecule has 1 rings (SSSR count). The van der Waals surface area contributed by atoms with E-state index in [1.165, 1.54) is 0 Å². The molecule has 0 spiro atoms. The van der Waals surface area contributed by atoms with Gasteiger partial charge in [-0.15, -0.1) is 0 Å². The normalized spacial score (nSPS) is 10.2. The highest BCUT2D eigenvalue weighted by Gasteiger charge is 2.09. The van der Waals surface area contributed by atoms with Gasteiger partial charge in [-0.25, -0.2) is 0 Å². The number of nitrogens with one attached hydrogen (secondary N) is 1. The van der Waals surface area contributed by atoms with Crippen molar-refractivity contribution in [2.24, 2.45) is 0 Å². The summed E-state index contributed by atoms with van der Waals surface area (Å²) in [4.78, 5) is 13.5. The topological polar surface area (TPSA) is 50.8 Å². The van der Waals surface area contributed by atoms with Crippen LogP contribution in [0.3, 0.4) is 0 Å². The Labute approximate surface area is 120 Å². The largest absolute Gasteiger partial charge is 0.493 e. The Morgan fingerprint density at radius 3 is 2.65 bits per heavy atom. The molecule has 0 saturated carbocycles. The quantitative estimate of drug-likeness (QED) is 0.697. The van der Waals surface area contributed by atoms with Gasteiger partial charge in [0.2, 0.25) is 5.91 Å². The van der Waals surface area contributed by atoms with E-state index >= 15 is 0 Å². The van der Waals surface area contributed by atoms with Crippen molar-refractivity contribution in [3.8, 4) is 11.5 Å². The van der Waals surface area contributed by atoms with Gasteiger partial charge >= 0.3 is 0 Å². The van der Waals surface area contributed by atoms with Gasteiger partial charge in [0.05, 0.1) is 13.7 Å². The van der Waals surface area contributed by atoms with Crippen LogP contribution in [0.1, 0.15) is 12.8 Å². The summed E-state index contributed by atoms with van der Waals surface area (Å²) in [5.41, 5.74) is 0. The van der Waals surface area contributed by atoms with Crippen LogP contribution >= 0.6 is 0 Å². The zero-order valence-electron chi connectivity index (χ0n) is 12.5. The van der Waals surface area contributed by atoms with Crippen molar-refractivity contribution in [2.75, 3.05) is 40.9 Å². The number of carbonyl (C=O) groups excluding carboxylic acids is 1. The van der Waals surface area contributed by atoms with Crippen LogP contribution in [0.2, 0.25) is 0 Å². The zero-order chi connectivity index (χ0) is 14.8. The highest BCUT2D eigenvalue weighted by molar-refractivity contribution is 5.75. The number of benzene rings is 1. The molecule has 0 fully saturated rings. The molecule has 1 aromatic carbocycles. The smallest absolute Gasteiger partial charge is 0.222 e. The van der Waals surface area contributed by atoms with Gasteiger partial charge in [0.15, 0.2) is 11.5 Å². The molecule has 1 amide bonds. The van der Waals surface area contributed by atoms with Gasteiger partial charge < -0.3 is 19.7 Å². The van der Waals surface area contributed by atoms with Crippen LogP contribution in [0, 0.1) is 0 Å². The maximum Gasteiger partial charge on any atom is 0.222 e. The number of likely N-dealkylation sites (N-methyl/N-ethyl adjacent to an activating group) is 1. The number of hydrogen-bond donors (Lipinski definition) is 1. The summed E-state index contributed by atoms with van der Waals surface area (Å²) in [5, 5.41) is 3.03. The maximum atomic E-state index is 11.8. The van der Waals surface area contributed by atoms with Gasteiger partial charge in [-0.05, 0) is 32.1 Å². The number of ether oxygens (including phenoxy) is 2. The average molecular weight is 280 g/mol. The number of para-hydroxylation sites is 2. The van der Waals surface area contributed by atoms with E-state index in [0.717, 1.165) is 13.0 Å². The average Bonchev–Trinajstić information content (AvgIpc) is 2.47. The van der Waals surface area contributed by atoms with E-state index in [2.05, 4.69) is 5.32 Å². The number of nitrogens with zero attached hydrogens (tertiary/aromatic N) is 1. The number of methoxy groups -OCH3 is 1. The fraction of sp³-hybridized carbons (Fsp3) is 0.533. The third-order valence-electron chi connectivity index (χ3n) is 3.00. The molecule has 0 unspecified atom stereocenters. The predicted molar refractivity (Wildman–Crippen MR) is 79.3 cm³/mol. The fourth-order valence-electron chi connectivity index (χ4n) is 1.76. The number of hydrogen-bond acceptors (Lipinski definition) is 4. The third kappa shape index (κ3) is 5.48. The Balaban J connectivity index is 2.30. The molecule has 20 heavy (non-hydrogen) atoms. The lowest BCUT2D eigenvalue weighted by Crippen LogP contribution is -2.31. The Morgan fingerprint density at radius 2 is 2.00 bits per heavy atom. The van der Waals surface area contributed by atoms with Crippen LogP contribution in [-0.4, -0.2) is 51.7 Å². The molecule has 0 saturated heterocycles. The lowest BCUT2D eigenvalue weighted by Gasteiger charge is -2.18. The summed E-state index contributed by atoms with van der Waals surface area (Å²) in [7, 11) is 5.29. The van der Waals surface area contributed by atoms with E-state index < -0.39 is 0 Å². The molecule has 0 bridgehead atoms. The first-order valence-electron chi connectivity index (χ1n) is 6.83. The second-order valence-electron chi connectivity index (χ2n) is 4.52. The van der Waals surface area contributed by atoms with Gasteiger partial charge in [0.1, 0.15) is 6.61 Å². The van der Waals surface area contributed by atoms with E-state index in [4.69, 9.17) is 9.47 Å². The lowest BCUT2D eigenvalue weighted by atomic mass is 10.3. The minimum Gasteiger partial charge on any atom is -0.493 e. The maximum absolute atomic E-state index is 11.8. The van der Waals surface area contributed by atoms with Crippen LogP contribution in [-0.2, 0) is 4.79 Å². The molecule has 0 radical (unpaired) electrons. The molecule has 112 valence electrons. The SMILES string of the molecule is CNCCCC(=O)N(C)CCOc1ccccc1OC. The molecule has 0 aromatic heterocycles. The molecule has 0 aliphatic rings. The first-order chi connectivity index (χ1) is 9.69. The lowest BCUT2D eigenvalue weighted by molar-refractivity contribution is -0.130. The van der Waals surface area contributed by atoms with E-state index in [-0.39, 0.29) is 5.91 Å². The minimum atomic E-state index is 0.142. The van der Waals surface area contributed by atoms with Crippen molar-refractivity contribution in [1.29, 1.82) is 0 Å². The highest BCUT2D eigenvalue weighted by atomic mass is 16.5. The summed E-state index contributed by atoms with van der Waals surface area (Å²) < 4.78 is 10.8. The van der Waals surface area contributed by atoms with Crippen molar-refractivity contribution < 1.29 is 14.3 Å². The van der Waals surface area contributed by atoms with Crippen LogP contribution < -0.4 is 14.8 Å². The summed E-state index contributed by atoms with van der Waals surface area (Å²) in [6.45, 7) is 1.88. The summed E-state index contributed by atoms with van der Waals surface area (Å²) in [6, 6.07) is 7.49. The van der Waals surface area contributed by atoms with Gasteiger partial charge in [-0.2, -0.15) is 0 Å². The number of rotatable bonds is 9. The van der Waals surface area contributed by atoms with Crippen molar-refractivity contribution in [3.63, 3.8) is 0 Å². The first-order valence-corrected chi connectivity index (χ1v) is 6.83. The van der Waals surface area contributed by atoms with Crippen LogP contribution in [0.25, 0.3) is 0 Å². The molecular weight excluding hydrogens is 256 g/mol. The molecule has 1 aromatic rings. The Hall–Kier alpha value is -1.75. The van der Waals surface area contributed by atoms with Crippen LogP contribution in [0.5, 0.6) is 11.5 Å². The van der Waals surface area contributed by atoms with E-state index in [1.54, 1.807) is 19.1 Å². The van der Waals surface area contributed by atoms with Crippen molar-refractivity contribution in [3.05, 3.63) is 24.3 Å². The van der Waals surface area contributed by atoms with Crippen molar-refractivity contribution in [1.82, 2.24) is 10.2 Å². The van der Waals surface area contributed by atoms with Crippen molar-refractivity contribution >= 4 is 5.91 Å². The van der Waals surface area contributed by atoms with Gasteiger partial charge in [-0.1, -0.05) is 12.1 Å². The zero-order valence-corrected chi connectivity index (χ0v) is 12.5. The second-order valence-corrected chi connectivity index (χ2v) is 4.52. The summed E-state index contributed by atoms with van der Waals surface area (Å²) in [6.07, 6.45) is 1.42. The summed E-state index contributed by atoms with van der Waals surface area (Å²) >= 11 is 0. The second kappa shape index (κ2) is 9.20. The molecule has 1 N–H and O–H groups in total. The molecule has 5 nitrogen and oxygen atoms in total. The van der Waals surface area contributed by atoms with E-state index in [1.807, 2.05) is 31.3 Å². The monoisotopic (exact) mass is 280 g/mol. The molecule has 0 aliphatic heterocycles. The Bertz CT molecular complexity index is 410. The van der Waals surface area contributed by atoms with Gasteiger partial charge in [-0.3, -0.25) is 4.79 Å². The molecule has 0 atom stereocenters. The van der Waals surface area contributed by atoms with Gasteiger partial charge in [0.25, 0.3) is 0 Å². The van der Waals surface area contributed by atoms with E-state index in [9.17, 15) is 4.79 Å². The molecular formula is C15H24N2O3. The Kier molecular flexibility index (Phi) is 7.50. The third-order valence-corrected chi connectivity index (χ3v) is 3.00.